The number of esters is 2. The van der Waals surface area contributed by atoms with Crippen LogP contribution in [0.25, 0.3) is 0 Å². The fourth-order valence-electron chi connectivity index (χ4n) is 3.05. The second kappa shape index (κ2) is 5.84. The second-order valence-electron chi connectivity index (χ2n) is 7.01. The molecule has 0 saturated carbocycles. The van der Waals surface area contributed by atoms with E-state index < -0.39 is 11.6 Å². The lowest BCUT2D eigenvalue weighted by Crippen LogP contribution is -2.40. The quantitative estimate of drug-likeness (QED) is 0.631. The maximum absolute atomic E-state index is 12.1. The fourth-order valence-corrected chi connectivity index (χ4v) is 3.05. The Morgan fingerprint density at radius 2 is 1.91 bits per heavy atom. The minimum Gasteiger partial charge on any atom is -0.469 e. The van der Waals surface area contributed by atoms with Gasteiger partial charge < -0.3 is 9.47 Å². The molecule has 1 aliphatic carbocycles. The van der Waals surface area contributed by atoms with E-state index in [0.29, 0.717) is 5.57 Å². The lowest BCUT2D eigenvalue weighted by atomic mass is 9.76. The van der Waals surface area contributed by atoms with E-state index in [4.69, 9.17) is 9.47 Å². The molecule has 1 aromatic rings. The lowest BCUT2D eigenvalue weighted by Gasteiger charge is -2.38. The molecule has 1 aromatic carbocycles. The number of methoxy groups -OCH3 is 1. The van der Waals surface area contributed by atoms with Gasteiger partial charge in [-0.25, -0.2) is 4.79 Å². The summed E-state index contributed by atoms with van der Waals surface area (Å²) in [5, 5.41) is 0. The molecule has 0 bridgehead atoms. The molecule has 0 radical (unpaired) electrons. The maximum Gasteiger partial charge on any atom is 0.334 e. The number of benzene rings is 1. The molecule has 124 valence electrons. The zero-order valence-electron chi connectivity index (χ0n) is 14.5. The molecule has 23 heavy (non-hydrogen) atoms. The van der Waals surface area contributed by atoms with Crippen molar-refractivity contribution in [1.82, 2.24) is 0 Å². The molecule has 1 atom stereocenters. The van der Waals surface area contributed by atoms with Crippen molar-refractivity contribution in [2.24, 2.45) is 5.41 Å². The average Bonchev–Trinajstić information content (AvgIpc) is 2.66. The summed E-state index contributed by atoms with van der Waals surface area (Å²) >= 11 is 0. The van der Waals surface area contributed by atoms with Crippen molar-refractivity contribution >= 4 is 11.9 Å². The summed E-state index contributed by atoms with van der Waals surface area (Å²) in [6.07, 6.45) is 1.01. The highest BCUT2D eigenvalue weighted by Gasteiger charge is 2.52. The van der Waals surface area contributed by atoms with Gasteiger partial charge >= 0.3 is 11.9 Å². The summed E-state index contributed by atoms with van der Waals surface area (Å²) < 4.78 is 10.6. The third-order valence-corrected chi connectivity index (χ3v) is 4.83. The number of hydrogen-bond acceptors (Lipinski definition) is 4. The molecule has 0 fully saturated rings. The average molecular weight is 316 g/mol. The number of ether oxygens (including phenoxy) is 2. The van der Waals surface area contributed by atoms with Crippen LogP contribution in [0, 0.1) is 5.41 Å². The number of rotatable bonds is 4. The summed E-state index contributed by atoms with van der Waals surface area (Å²) in [5.74, 6) is -0.686. The molecule has 0 heterocycles. The lowest BCUT2D eigenvalue weighted by molar-refractivity contribution is -0.166. The molecule has 4 nitrogen and oxygen atoms in total. The summed E-state index contributed by atoms with van der Waals surface area (Å²) in [6, 6.07) is 5.89. The van der Waals surface area contributed by atoms with E-state index in [1.807, 2.05) is 25.1 Å². The Labute approximate surface area is 137 Å². The Morgan fingerprint density at radius 1 is 1.26 bits per heavy atom. The van der Waals surface area contributed by atoms with E-state index >= 15 is 0 Å². The Kier molecular flexibility index (Phi) is 4.38. The number of fused-ring (bicyclic) bond motifs is 1. The van der Waals surface area contributed by atoms with Crippen LogP contribution in [-0.2, 0) is 37.5 Å². The molecule has 1 unspecified atom stereocenters. The van der Waals surface area contributed by atoms with Crippen LogP contribution in [0.15, 0.2) is 30.4 Å². The first kappa shape index (κ1) is 17.3. The highest BCUT2D eigenvalue weighted by Crippen LogP contribution is 2.52. The first-order valence-electron chi connectivity index (χ1n) is 7.68. The standard InChI is InChI=1S/C19H24O4/c1-12(2)17(21)23-19(5)15-9-13(10-16(20)22-6)7-8-14(15)11-18(19,3)4/h7-9H,1,10-11H2,2-6H3. The SMILES string of the molecule is C=C(C)C(=O)OC1(C)c2cc(CC(=O)OC)ccc2CC1(C)C. The van der Waals surface area contributed by atoms with Gasteiger partial charge in [0.1, 0.15) is 5.60 Å². The summed E-state index contributed by atoms with van der Waals surface area (Å²) in [6.45, 7) is 11.4. The summed E-state index contributed by atoms with van der Waals surface area (Å²) in [4.78, 5) is 23.6. The largest absolute Gasteiger partial charge is 0.469 e. The van der Waals surface area contributed by atoms with E-state index in [2.05, 4.69) is 20.4 Å². The van der Waals surface area contributed by atoms with E-state index in [1.165, 1.54) is 7.11 Å². The third kappa shape index (κ3) is 3.03. The van der Waals surface area contributed by atoms with Crippen molar-refractivity contribution < 1.29 is 19.1 Å². The number of carbonyl (C=O) groups is 2. The van der Waals surface area contributed by atoms with Gasteiger partial charge in [-0.05, 0) is 37.0 Å². The normalized spacial score (nSPS) is 21.4. The highest BCUT2D eigenvalue weighted by atomic mass is 16.6. The molecule has 0 N–H and O–H groups in total. The molecule has 0 aromatic heterocycles. The van der Waals surface area contributed by atoms with Gasteiger partial charge in [-0.2, -0.15) is 0 Å². The minimum atomic E-state index is -0.759. The zero-order valence-corrected chi connectivity index (χ0v) is 14.5. The zero-order chi connectivity index (χ0) is 17.4. The van der Waals surface area contributed by atoms with Crippen LogP contribution >= 0.6 is 0 Å². The van der Waals surface area contributed by atoms with Crippen LogP contribution in [0.5, 0.6) is 0 Å². The molecule has 0 saturated heterocycles. The van der Waals surface area contributed by atoms with Crippen molar-refractivity contribution in [3.05, 3.63) is 47.0 Å². The van der Waals surface area contributed by atoms with E-state index in [9.17, 15) is 9.59 Å². The van der Waals surface area contributed by atoms with Crippen molar-refractivity contribution in [2.75, 3.05) is 7.11 Å². The molecule has 0 spiro atoms. The third-order valence-electron chi connectivity index (χ3n) is 4.83. The Hall–Kier alpha value is -2.10. The van der Waals surface area contributed by atoms with Gasteiger partial charge in [0.05, 0.1) is 13.5 Å². The molecular weight excluding hydrogens is 292 g/mol. The molecule has 4 heteroatoms. The predicted molar refractivity (Wildman–Crippen MR) is 87.9 cm³/mol. The first-order valence-corrected chi connectivity index (χ1v) is 7.68. The van der Waals surface area contributed by atoms with E-state index in [1.54, 1.807) is 6.92 Å². The van der Waals surface area contributed by atoms with Crippen molar-refractivity contribution in [1.29, 1.82) is 0 Å². The smallest absolute Gasteiger partial charge is 0.334 e. The molecular formula is C19H24O4. The topological polar surface area (TPSA) is 52.6 Å². The van der Waals surface area contributed by atoms with Crippen LogP contribution in [0.1, 0.15) is 44.4 Å². The Bertz CT molecular complexity index is 672. The first-order chi connectivity index (χ1) is 10.6. The molecule has 2 rings (SSSR count). The van der Waals surface area contributed by atoms with Gasteiger partial charge in [0, 0.05) is 11.0 Å². The molecule has 1 aliphatic rings. The van der Waals surface area contributed by atoms with Gasteiger partial charge in [-0.1, -0.05) is 38.6 Å². The van der Waals surface area contributed by atoms with Crippen molar-refractivity contribution in [3.63, 3.8) is 0 Å². The van der Waals surface area contributed by atoms with Crippen molar-refractivity contribution in [2.45, 2.75) is 46.1 Å². The minimum absolute atomic E-state index is 0.203. The number of carbonyl (C=O) groups excluding carboxylic acids is 2. The van der Waals surface area contributed by atoms with Crippen LogP contribution in [0.2, 0.25) is 0 Å². The van der Waals surface area contributed by atoms with E-state index in [0.717, 1.165) is 23.1 Å². The van der Waals surface area contributed by atoms with Gasteiger partial charge in [0.2, 0.25) is 0 Å². The Balaban J connectivity index is 2.44. The van der Waals surface area contributed by atoms with Gasteiger partial charge in [-0.3, -0.25) is 4.79 Å². The van der Waals surface area contributed by atoms with Crippen molar-refractivity contribution in [3.8, 4) is 0 Å². The monoisotopic (exact) mass is 316 g/mol. The fraction of sp³-hybridized carbons (Fsp3) is 0.474. The summed E-state index contributed by atoms with van der Waals surface area (Å²) in [5.41, 5.74) is 2.32. The van der Waals surface area contributed by atoms with Crippen LogP contribution in [-0.4, -0.2) is 19.0 Å². The Morgan fingerprint density at radius 3 is 2.48 bits per heavy atom. The van der Waals surface area contributed by atoms with Gasteiger partial charge in [0.25, 0.3) is 0 Å². The van der Waals surface area contributed by atoms with Crippen LogP contribution in [0.3, 0.4) is 0 Å². The number of hydrogen-bond donors (Lipinski definition) is 0. The maximum atomic E-state index is 12.1. The predicted octanol–water partition coefficient (Wildman–Crippen LogP) is 3.32. The van der Waals surface area contributed by atoms with E-state index in [-0.39, 0.29) is 17.8 Å². The molecule has 0 amide bonds. The van der Waals surface area contributed by atoms with Crippen LogP contribution in [0.4, 0.5) is 0 Å². The molecule has 0 aliphatic heterocycles. The summed E-state index contributed by atoms with van der Waals surface area (Å²) in [7, 11) is 1.37. The van der Waals surface area contributed by atoms with Gasteiger partial charge in [-0.15, -0.1) is 0 Å². The van der Waals surface area contributed by atoms with Crippen LogP contribution < -0.4 is 0 Å². The second-order valence-corrected chi connectivity index (χ2v) is 7.01. The van der Waals surface area contributed by atoms with Gasteiger partial charge in [0.15, 0.2) is 0 Å². The highest BCUT2D eigenvalue weighted by molar-refractivity contribution is 5.87.